The summed E-state index contributed by atoms with van der Waals surface area (Å²) in [6.07, 6.45) is 0. The third-order valence-electron chi connectivity index (χ3n) is 5.87. The van der Waals surface area contributed by atoms with Gasteiger partial charge in [0.1, 0.15) is 22.5 Å². The number of carbonyl (C=O) groups is 1. The molecule has 0 radical (unpaired) electrons. The lowest BCUT2D eigenvalue weighted by molar-refractivity contribution is 0.0687. The molecule has 9 heteroatoms. The summed E-state index contributed by atoms with van der Waals surface area (Å²) in [6, 6.07) is 17.0. The van der Waals surface area contributed by atoms with Crippen LogP contribution in [0.15, 0.2) is 54.6 Å². The molecule has 0 aliphatic carbocycles. The highest BCUT2D eigenvalue weighted by atomic mass is 32.1. The average molecular weight is 474 g/mol. The van der Waals surface area contributed by atoms with Crippen molar-refractivity contribution in [3.05, 3.63) is 65.9 Å². The molecule has 1 N–H and O–H groups in total. The monoisotopic (exact) mass is 473 g/mol. The van der Waals surface area contributed by atoms with Crippen molar-refractivity contribution in [1.29, 1.82) is 0 Å². The first-order valence-electron chi connectivity index (χ1n) is 10.8. The van der Waals surface area contributed by atoms with E-state index in [1.54, 1.807) is 0 Å². The lowest BCUT2D eigenvalue weighted by atomic mass is 10.0. The summed E-state index contributed by atoms with van der Waals surface area (Å²) in [7, 11) is 0. The van der Waals surface area contributed by atoms with E-state index < -0.39 is 5.97 Å². The van der Waals surface area contributed by atoms with Crippen molar-refractivity contribution in [2.75, 3.05) is 13.4 Å². The molecule has 0 amide bonds. The summed E-state index contributed by atoms with van der Waals surface area (Å²) in [5.74, 6) is 1.02. The highest BCUT2D eigenvalue weighted by molar-refractivity contribution is 7.00. The minimum Gasteiger partial charge on any atom is -0.494 e. The number of hydrogen-bond donors (Lipinski definition) is 1. The van der Waals surface area contributed by atoms with Crippen molar-refractivity contribution in [3.8, 4) is 28.4 Å². The molecule has 0 spiro atoms. The Labute approximate surface area is 198 Å². The third kappa shape index (κ3) is 3.32. The average Bonchev–Trinajstić information content (AvgIpc) is 3.56. The molecule has 3 aromatic carbocycles. The molecule has 8 nitrogen and oxygen atoms in total. The van der Waals surface area contributed by atoms with Crippen molar-refractivity contribution in [2.24, 2.45) is 0 Å². The van der Waals surface area contributed by atoms with Gasteiger partial charge in [-0.05, 0) is 60.5 Å². The van der Waals surface area contributed by atoms with Crippen LogP contribution in [0.5, 0.6) is 17.2 Å². The normalized spacial score (nSPS) is 12.5. The molecule has 0 saturated heterocycles. The lowest BCUT2D eigenvalue weighted by Crippen LogP contribution is -2.10. The first kappa shape index (κ1) is 20.5. The second-order valence-electron chi connectivity index (χ2n) is 7.88. The van der Waals surface area contributed by atoms with Gasteiger partial charge in [0.2, 0.25) is 6.79 Å². The van der Waals surface area contributed by atoms with Gasteiger partial charge < -0.3 is 23.9 Å². The second-order valence-corrected chi connectivity index (χ2v) is 8.41. The van der Waals surface area contributed by atoms with Crippen molar-refractivity contribution >= 4 is 39.6 Å². The molecule has 1 aliphatic rings. The van der Waals surface area contributed by atoms with Crippen molar-refractivity contribution in [1.82, 2.24) is 13.3 Å². The molecule has 0 saturated carbocycles. The Morgan fingerprint density at radius 1 is 1.06 bits per heavy atom. The van der Waals surface area contributed by atoms with Gasteiger partial charge >= 0.3 is 5.97 Å². The summed E-state index contributed by atoms with van der Waals surface area (Å²) in [5.41, 5.74) is 4.80. The van der Waals surface area contributed by atoms with Gasteiger partial charge in [0.05, 0.1) is 18.3 Å². The van der Waals surface area contributed by atoms with Crippen LogP contribution in [0, 0.1) is 0 Å². The van der Waals surface area contributed by atoms with E-state index in [2.05, 4.69) is 8.75 Å². The number of nitrogens with zero attached hydrogens (tertiary/aromatic N) is 3. The van der Waals surface area contributed by atoms with Crippen molar-refractivity contribution < 1.29 is 24.1 Å². The number of fused-ring (bicyclic) bond motifs is 3. The number of rotatable bonds is 6. The zero-order valence-corrected chi connectivity index (χ0v) is 19.0. The lowest BCUT2D eigenvalue weighted by Gasteiger charge is -2.10. The Morgan fingerprint density at radius 2 is 1.91 bits per heavy atom. The molecule has 2 aromatic heterocycles. The topological polar surface area (TPSA) is 95.7 Å². The number of hydrogen-bond acceptors (Lipinski definition) is 7. The molecule has 0 fully saturated rings. The maximum Gasteiger partial charge on any atom is 0.353 e. The number of ether oxygens (including phenoxy) is 3. The number of aromatic carboxylic acids is 1. The molecule has 1 aliphatic heterocycles. The van der Waals surface area contributed by atoms with Crippen LogP contribution in [0.1, 0.15) is 23.0 Å². The van der Waals surface area contributed by atoms with E-state index >= 15 is 0 Å². The smallest absolute Gasteiger partial charge is 0.353 e. The van der Waals surface area contributed by atoms with E-state index in [1.807, 2.05) is 66.1 Å². The van der Waals surface area contributed by atoms with Gasteiger partial charge in [-0.25, -0.2) is 4.79 Å². The zero-order chi connectivity index (χ0) is 23.2. The van der Waals surface area contributed by atoms with Crippen LogP contribution < -0.4 is 14.2 Å². The molecule has 3 heterocycles. The van der Waals surface area contributed by atoms with Gasteiger partial charge in [-0.3, -0.25) is 0 Å². The predicted molar refractivity (Wildman–Crippen MR) is 128 cm³/mol. The number of carboxylic acids is 1. The molecular formula is C25H19N3O5S. The van der Waals surface area contributed by atoms with Gasteiger partial charge in [-0.1, -0.05) is 12.1 Å². The van der Waals surface area contributed by atoms with Gasteiger partial charge in [-0.2, -0.15) is 8.75 Å². The van der Waals surface area contributed by atoms with Crippen molar-refractivity contribution in [3.63, 3.8) is 0 Å². The van der Waals surface area contributed by atoms with E-state index in [9.17, 15) is 9.90 Å². The van der Waals surface area contributed by atoms with Gasteiger partial charge in [0.25, 0.3) is 0 Å². The molecule has 6 rings (SSSR count). The summed E-state index contributed by atoms with van der Waals surface area (Å²) in [6.45, 7) is 2.97. The van der Waals surface area contributed by atoms with Gasteiger partial charge in [-0.15, -0.1) is 0 Å². The molecular weight excluding hydrogens is 454 g/mol. The summed E-state index contributed by atoms with van der Waals surface area (Å²) in [5, 5.41) is 11.2. The van der Waals surface area contributed by atoms with Crippen LogP contribution in [-0.4, -0.2) is 37.8 Å². The summed E-state index contributed by atoms with van der Waals surface area (Å²) >= 11 is 1.13. The standard InChI is InChI=1S/C25H19N3O5S/c1-2-31-16-5-7-20-17(11-16)23(15-4-6-18-19(10-15)27-34-26-18)24(25(29)30)28(20)12-14-3-8-21-22(9-14)33-13-32-21/h3-11H,2,12-13H2,1H3,(H,29,30). The second kappa shape index (κ2) is 8.03. The molecule has 34 heavy (non-hydrogen) atoms. The molecule has 170 valence electrons. The molecule has 0 atom stereocenters. The van der Waals surface area contributed by atoms with Gasteiger partial charge in [0, 0.05) is 23.0 Å². The van der Waals surface area contributed by atoms with Crippen molar-refractivity contribution in [2.45, 2.75) is 13.5 Å². The van der Waals surface area contributed by atoms with E-state index in [-0.39, 0.29) is 12.5 Å². The van der Waals surface area contributed by atoms with Crippen LogP contribution in [0.2, 0.25) is 0 Å². The highest BCUT2D eigenvalue weighted by Crippen LogP contribution is 2.39. The maximum absolute atomic E-state index is 12.7. The van der Waals surface area contributed by atoms with Crippen LogP contribution in [-0.2, 0) is 6.54 Å². The Morgan fingerprint density at radius 3 is 2.76 bits per heavy atom. The largest absolute Gasteiger partial charge is 0.494 e. The minimum absolute atomic E-state index is 0.184. The third-order valence-corrected chi connectivity index (χ3v) is 6.43. The highest BCUT2D eigenvalue weighted by Gasteiger charge is 2.25. The van der Waals surface area contributed by atoms with Crippen LogP contribution in [0.3, 0.4) is 0 Å². The number of carboxylic acid groups (broad SMARTS) is 1. The van der Waals surface area contributed by atoms with Crippen LogP contribution >= 0.6 is 11.7 Å². The molecule has 0 bridgehead atoms. The molecule has 0 unspecified atom stereocenters. The fourth-order valence-electron chi connectivity index (χ4n) is 4.43. The maximum atomic E-state index is 12.7. The Kier molecular flexibility index (Phi) is 4.84. The van der Waals surface area contributed by atoms with Crippen LogP contribution in [0.25, 0.3) is 33.1 Å². The van der Waals surface area contributed by atoms with E-state index in [0.717, 1.165) is 44.8 Å². The first-order valence-corrected chi connectivity index (χ1v) is 11.5. The SMILES string of the molecule is CCOc1ccc2c(c1)c(-c1ccc3nsnc3c1)c(C(=O)O)n2Cc1ccc2c(c1)OCO2. The van der Waals surface area contributed by atoms with Gasteiger partial charge in [0.15, 0.2) is 11.5 Å². The number of benzene rings is 3. The van der Waals surface area contributed by atoms with E-state index in [0.29, 0.717) is 36.0 Å². The molecule has 5 aromatic rings. The Balaban J connectivity index is 1.59. The predicted octanol–water partition coefficient (Wildman–Crippen LogP) is 5.19. The Bertz CT molecular complexity index is 1570. The fraction of sp³-hybridized carbons (Fsp3) is 0.160. The fourth-order valence-corrected chi connectivity index (χ4v) is 4.95. The minimum atomic E-state index is -1.01. The number of aromatic nitrogens is 3. The summed E-state index contributed by atoms with van der Waals surface area (Å²) in [4.78, 5) is 12.7. The summed E-state index contributed by atoms with van der Waals surface area (Å²) < 4.78 is 27.1. The van der Waals surface area contributed by atoms with E-state index in [4.69, 9.17) is 14.2 Å². The first-order chi connectivity index (χ1) is 16.6. The van der Waals surface area contributed by atoms with Crippen LogP contribution in [0.4, 0.5) is 0 Å². The quantitative estimate of drug-likeness (QED) is 0.363. The Hall–Kier alpha value is -4.11. The van der Waals surface area contributed by atoms with E-state index in [1.165, 1.54) is 0 Å². The zero-order valence-electron chi connectivity index (χ0n) is 18.1.